The van der Waals surface area contributed by atoms with Gasteiger partial charge in [0, 0.05) is 50.5 Å². The number of alkyl halides is 1. The molecule has 1 aliphatic heterocycles. The first-order valence-electron chi connectivity index (χ1n) is 13.2. The second-order valence-corrected chi connectivity index (χ2v) is 12.0. The van der Waals surface area contributed by atoms with E-state index in [-0.39, 0.29) is 50.0 Å². The molecule has 1 amide bonds. The van der Waals surface area contributed by atoms with Crippen LogP contribution in [0.3, 0.4) is 0 Å². The number of amides is 1. The molecule has 1 aromatic rings. The van der Waals surface area contributed by atoms with E-state index in [1.165, 1.54) is 19.2 Å². The van der Waals surface area contributed by atoms with Crippen LogP contribution in [0.1, 0.15) is 48.8 Å². The molecule has 0 saturated carbocycles. The van der Waals surface area contributed by atoms with Gasteiger partial charge in [0.1, 0.15) is 23.7 Å². The molecule has 2 heterocycles. The fraction of sp³-hybridized carbons (Fsp3) is 0.556. The molecule has 1 aliphatic carbocycles. The van der Waals surface area contributed by atoms with E-state index in [0.29, 0.717) is 36.8 Å². The second-order valence-electron chi connectivity index (χ2n) is 9.82. The minimum absolute atomic E-state index is 0.0176. The molecular formula is C27H39F2N4O6P. The Kier molecular flexibility index (Phi) is 10.5. The average molecular weight is 585 g/mol. The lowest BCUT2D eigenvalue weighted by atomic mass is 9.95. The third-order valence-electron chi connectivity index (χ3n) is 6.73. The molecule has 0 saturated heterocycles. The third-order valence-corrected chi connectivity index (χ3v) is 8.78. The van der Waals surface area contributed by atoms with Gasteiger partial charge in [-0.25, -0.2) is 8.78 Å². The van der Waals surface area contributed by atoms with E-state index in [1.54, 1.807) is 32.6 Å². The van der Waals surface area contributed by atoms with Crippen molar-refractivity contribution in [2.24, 2.45) is 0 Å². The molecule has 10 nitrogen and oxygen atoms in total. The average Bonchev–Trinajstić information content (AvgIpc) is 2.88. The number of nitrogens with one attached hydrogen (secondary N) is 1. The van der Waals surface area contributed by atoms with Gasteiger partial charge >= 0.3 is 7.60 Å². The molecule has 1 aromatic heterocycles. The first-order chi connectivity index (χ1) is 18.9. The Bertz CT molecular complexity index is 1280. The van der Waals surface area contributed by atoms with Gasteiger partial charge in [0.2, 0.25) is 0 Å². The number of hydrogen-bond donors (Lipinski definition) is 1. The van der Waals surface area contributed by atoms with Crippen molar-refractivity contribution in [1.82, 2.24) is 14.9 Å². The summed E-state index contributed by atoms with van der Waals surface area (Å²) in [6.07, 6.45) is 3.74. The first kappa shape index (κ1) is 31.7. The second kappa shape index (κ2) is 13.2. The Balaban J connectivity index is 1.94. The minimum atomic E-state index is -3.38. The number of methoxy groups -OCH3 is 1. The van der Waals surface area contributed by atoms with E-state index in [4.69, 9.17) is 13.8 Å². The summed E-state index contributed by atoms with van der Waals surface area (Å²) in [5.41, 5.74) is -0.942. The van der Waals surface area contributed by atoms with Gasteiger partial charge in [0.15, 0.2) is 5.43 Å². The molecule has 0 bridgehead atoms. The fourth-order valence-corrected chi connectivity index (χ4v) is 6.20. The first-order valence-corrected chi connectivity index (χ1v) is 15.0. The van der Waals surface area contributed by atoms with Crippen molar-refractivity contribution >= 4 is 19.2 Å². The summed E-state index contributed by atoms with van der Waals surface area (Å²) < 4.78 is 59.4. The normalized spacial score (nSPS) is 19.3. The van der Waals surface area contributed by atoms with Crippen molar-refractivity contribution < 1.29 is 31.9 Å². The van der Waals surface area contributed by atoms with Gasteiger partial charge < -0.3 is 24.0 Å². The van der Waals surface area contributed by atoms with Crippen LogP contribution in [0.25, 0.3) is 5.70 Å². The molecule has 3 rings (SSSR count). The molecule has 1 unspecified atom stereocenters. The number of pyridine rings is 1. The van der Waals surface area contributed by atoms with Gasteiger partial charge in [0.25, 0.3) is 5.91 Å². The van der Waals surface area contributed by atoms with Crippen LogP contribution in [-0.2, 0) is 18.3 Å². The number of nitrogens with zero attached hydrogens (tertiary/aromatic N) is 3. The molecular weight excluding hydrogens is 545 g/mol. The van der Waals surface area contributed by atoms with Crippen molar-refractivity contribution in [1.29, 1.82) is 0 Å². The van der Waals surface area contributed by atoms with Crippen LogP contribution in [-0.4, -0.2) is 80.5 Å². The number of carbonyl (C=O) groups excluding carboxylic acids is 1. The van der Waals surface area contributed by atoms with E-state index < -0.39 is 30.4 Å². The van der Waals surface area contributed by atoms with Crippen molar-refractivity contribution in [2.75, 3.05) is 64.4 Å². The number of fused-ring (bicyclic) bond motifs is 1. The molecule has 2 aliphatic rings. The van der Waals surface area contributed by atoms with E-state index in [0.717, 1.165) is 6.08 Å². The summed E-state index contributed by atoms with van der Waals surface area (Å²) in [5.74, 6) is -1.45. The topological polar surface area (TPSA) is 102 Å². The number of ether oxygens (including phenoxy) is 1. The van der Waals surface area contributed by atoms with Gasteiger partial charge in [-0.05, 0) is 33.8 Å². The molecule has 1 N–H and O–H groups in total. The number of rotatable bonds is 13. The molecule has 1 atom stereocenters. The molecule has 40 heavy (non-hydrogen) atoms. The monoisotopic (exact) mass is 584 g/mol. The van der Waals surface area contributed by atoms with E-state index in [2.05, 4.69) is 11.9 Å². The van der Waals surface area contributed by atoms with Crippen LogP contribution >= 0.6 is 7.60 Å². The van der Waals surface area contributed by atoms with Gasteiger partial charge in [-0.1, -0.05) is 12.7 Å². The van der Waals surface area contributed by atoms with Crippen molar-refractivity contribution in [3.63, 3.8) is 0 Å². The SMILES string of the molecule is C=C1c2c(C)c(=O)c(C(=O)NCC3=CCC(C)(F)C=C3F)cn2N(CCP(=O)(OCC)OCC)CN1CCOC. The zero-order valence-corrected chi connectivity index (χ0v) is 24.7. The minimum Gasteiger partial charge on any atom is -0.383 e. The molecule has 222 valence electrons. The predicted molar refractivity (Wildman–Crippen MR) is 150 cm³/mol. The van der Waals surface area contributed by atoms with Crippen LogP contribution in [0.2, 0.25) is 0 Å². The summed E-state index contributed by atoms with van der Waals surface area (Å²) in [6.45, 7) is 12.2. The maximum absolute atomic E-state index is 14.3. The third kappa shape index (κ3) is 7.28. The largest absolute Gasteiger partial charge is 0.383 e. The molecule has 0 aromatic carbocycles. The van der Waals surface area contributed by atoms with Gasteiger partial charge in [-0.3, -0.25) is 23.8 Å². The number of carbonyl (C=O) groups is 1. The van der Waals surface area contributed by atoms with E-state index >= 15 is 0 Å². The highest BCUT2D eigenvalue weighted by molar-refractivity contribution is 7.53. The number of hydrogen-bond acceptors (Lipinski definition) is 8. The fourth-order valence-electron chi connectivity index (χ4n) is 4.61. The van der Waals surface area contributed by atoms with E-state index in [9.17, 15) is 22.9 Å². The highest BCUT2D eigenvalue weighted by atomic mass is 31.2. The Morgan fingerprint density at radius 2 is 1.93 bits per heavy atom. The summed E-state index contributed by atoms with van der Waals surface area (Å²) in [4.78, 5) is 28.4. The predicted octanol–water partition coefficient (Wildman–Crippen LogP) is 3.89. The summed E-state index contributed by atoms with van der Waals surface area (Å²) in [7, 11) is -1.80. The van der Waals surface area contributed by atoms with Crippen molar-refractivity contribution in [2.45, 2.75) is 39.8 Å². The quantitative estimate of drug-likeness (QED) is 0.349. The Morgan fingerprint density at radius 3 is 2.52 bits per heavy atom. The highest BCUT2D eigenvalue weighted by Crippen LogP contribution is 2.47. The van der Waals surface area contributed by atoms with Crippen LogP contribution in [0.4, 0.5) is 8.78 Å². The van der Waals surface area contributed by atoms with Gasteiger partial charge in [0.05, 0.1) is 37.4 Å². The van der Waals surface area contributed by atoms with Crippen LogP contribution < -0.4 is 15.8 Å². The highest BCUT2D eigenvalue weighted by Gasteiger charge is 2.32. The molecule has 0 radical (unpaired) electrons. The Labute approximate surface area is 233 Å². The van der Waals surface area contributed by atoms with Crippen LogP contribution in [0.15, 0.2) is 41.1 Å². The lowest BCUT2D eigenvalue weighted by molar-refractivity contribution is 0.0954. The van der Waals surface area contributed by atoms with Gasteiger partial charge in [-0.15, -0.1) is 0 Å². The number of allylic oxidation sites excluding steroid dienone is 2. The molecule has 13 heteroatoms. The van der Waals surface area contributed by atoms with Crippen molar-refractivity contribution in [3.05, 3.63) is 63.4 Å². The molecule has 0 spiro atoms. The van der Waals surface area contributed by atoms with Crippen LogP contribution in [0, 0.1) is 6.92 Å². The number of halogens is 2. The summed E-state index contributed by atoms with van der Waals surface area (Å²) >= 11 is 0. The standard InChI is InChI=1S/C27H39F2N4O6P/c1-7-38-40(36,39-8-2)14-12-32-18-31(11-13-37-6)20(4)24-19(3)25(34)22(17-33(24)32)26(35)30-16-21-9-10-27(5,29)15-23(21)28/h9,15,17H,4,7-8,10-14,16,18H2,1-3,5-6H3,(H,30,35). The number of aromatic nitrogens is 1. The molecule has 0 fully saturated rings. The lowest BCUT2D eigenvalue weighted by Gasteiger charge is -2.43. The Morgan fingerprint density at radius 1 is 1.25 bits per heavy atom. The van der Waals surface area contributed by atoms with E-state index in [1.807, 2.05) is 9.91 Å². The summed E-state index contributed by atoms with van der Waals surface area (Å²) in [5, 5.41) is 4.40. The van der Waals surface area contributed by atoms with Crippen molar-refractivity contribution in [3.8, 4) is 0 Å². The lowest BCUT2D eigenvalue weighted by Crippen LogP contribution is -2.52. The zero-order chi connectivity index (χ0) is 29.7. The Hall–Kier alpha value is -2.79. The summed E-state index contributed by atoms with van der Waals surface area (Å²) in [6, 6.07) is 0. The van der Waals surface area contributed by atoms with Crippen LogP contribution in [0.5, 0.6) is 0 Å². The smallest absolute Gasteiger partial charge is 0.332 e. The zero-order valence-electron chi connectivity index (χ0n) is 23.8. The maximum Gasteiger partial charge on any atom is 0.332 e. The maximum atomic E-state index is 14.3. The van der Waals surface area contributed by atoms with Gasteiger partial charge in [-0.2, -0.15) is 0 Å².